The van der Waals surface area contributed by atoms with E-state index in [9.17, 15) is 0 Å². The van der Waals surface area contributed by atoms with E-state index < -0.39 is 15.6 Å². The van der Waals surface area contributed by atoms with Crippen molar-refractivity contribution in [1.82, 2.24) is 0 Å². The molecule has 0 amide bonds. The Hall–Kier alpha value is 0.570. The van der Waals surface area contributed by atoms with Crippen LogP contribution in [0.3, 0.4) is 0 Å². The minimum absolute atomic E-state index is 0. The van der Waals surface area contributed by atoms with Crippen LogP contribution in [-0.2, 0) is 9.13 Å². The number of phosphoric acid groups is 2. The predicted octanol–water partition coefficient (Wildman–Crippen LogP) is -1.74. The largest absolute Gasteiger partial charge is 0.466 e. The molecule has 0 aliphatic rings. The van der Waals surface area contributed by atoms with Gasteiger partial charge in [-0.25, -0.2) is 9.13 Å². The van der Waals surface area contributed by atoms with E-state index in [1.165, 1.54) is 0 Å². The van der Waals surface area contributed by atoms with E-state index in [0.717, 1.165) is 0 Å². The summed E-state index contributed by atoms with van der Waals surface area (Å²) in [5.74, 6) is 0. The van der Waals surface area contributed by atoms with Crippen molar-refractivity contribution in [1.29, 1.82) is 0 Å². The molecule has 0 fully saturated rings. The molecule has 0 atom stereocenters. The second-order valence-corrected chi connectivity index (χ2v) is 3.08. The van der Waals surface area contributed by atoms with E-state index in [-0.39, 0.29) is 13.5 Å². The molecule has 0 aromatic heterocycles. The van der Waals surface area contributed by atoms with Crippen molar-refractivity contribution < 1.29 is 38.5 Å². The molecule has 0 aliphatic heterocycles. The summed E-state index contributed by atoms with van der Waals surface area (Å²) < 4.78 is 17.8. The molecule has 0 aliphatic carbocycles. The fraction of sp³-hybridized carbons (Fsp3) is 0. The van der Waals surface area contributed by atoms with Crippen molar-refractivity contribution in [3.63, 3.8) is 0 Å². The van der Waals surface area contributed by atoms with Crippen molar-refractivity contribution in [2.45, 2.75) is 0 Å². The molecule has 0 aromatic carbocycles. The number of hydrogen-bond donors (Lipinski definition) is 6. The molecule has 0 aromatic rings. The van der Waals surface area contributed by atoms with Crippen LogP contribution in [-0.4, -0.2) is 29.4 Å². The van der Waals surface area contributed by atoms with Crippen molar-refractivity contribution in [3.05, 3.63) is 0 Å². The van der Waals surface area contributed by atoms with Crippen molar-refractivity contribution in [3.8, 4) is 0 Å². The van der Waals surface area contributed by atoms with Crippen LogP contribution in [0.15, 0.2) is 0 Å². The smallest absolute Gasteiger partial charge is 0.303 e. The first-order valence-electron chi connectivity index (χ1n) is 1.57. The zero-order chi connectivity index (χ0) is 9.00. The normalized spacial score (nSPS) is 10.7. The molecule has 6 N–H and O–H groups in total. The van der Waals surface area contributed by atoms with Gasteiger partial charge in [-0.3, -0.25) is 0 Å². The van der Waals surface area contributed by atoms with Gasteiger partial charge in [0.2, 0.25) is 0 Å². The zero-order valence-electron chi connectivity index (χ0n) is 4.89. The quantitative estimate of drug-likeness (QED) is 0.268. The molecule has 11 heavy (non-hydrogen) atoms. The molecule has 0 unspecified atom stereocenters. The molecule has 72 valence electrons. The first kappa shape index (κ1) is 17.6. The first-order chi connectivity index (χ1) is 4.00. The number of hydrogen-bond acceptors (Lipinski definition) is 2. The average Bonchev–Trinajstić information content (AvgIpc) is 1.12. The molecule has 11 heteroatoms. The molecule has 0 heterocycles. The van der Waals surface area contributed by atoms with E-state index in [4.69, 9.17) is 38.5 Å². The molecule has 0 radical (unpaired) electrons. The van der Waals surface area contributed by atoms with Crippen LogP contribution in [0.2, 0.25) is 0 Å². The third-order valence-corrected chi connectivity index (χ3v) is 0. The summed E-state index contributed by atoms with van der Waals surface area (Å²) >= 11 is 0. The van der Waals surface area contributed by atoms with Gasteiger partial charge >= 0.3 is 15.6 Å². The highest BCUT2D eigenvalue weighted by Crippen LogP contribution is 2.26. The molecular weight excluding hydrogens is 222 g/mol. The van der Waals surface area contributed by atoms with Gasteiger partial charge in [0.05, 0.1) is 0 Å². The van der Waals surface area contributed by atoms with Gasteiger partial charge in [-0.05, 0) is 0 Å². The zero-order valence-corrected chi connectivity index (χ0v) is 7.68. The topological polar surface area (TPSA) is 156 Å². The highest BCUT2D eigenvalue weighted by molar-refractivity contribution is 7.59. The van der Waals surface area contributed by atoms with Gasteiger partial charge in [-0.15, -0.1) is 0 Å². The molecular formula is H8O8P2S. The van der Waals surface area contributed by atoms with E-state index in [1.807, 2.05) is 0 Å². The lowest BCUT2D eigenvalue weighted by Gasteiger charge is -1.82. The van der Waals surface area contributed by atoms with Crippen LogP contribution in [0.5, 0.6) is 0 Å². The maximum absolute atomic E-state index is 8.88. The second-order valence-electron chi connectivity index (χ2n) is 1.03. The van der Waals surface area contributed by atoms with E-state index in [1.54, 1.807) is 0 Å². The van der Waals surface area contributed by atoms with Crippen molar-refractivity contribution >= 4 is 29.1 Å². The summed E-state index contributed by atoms with van der Waals surface area (Å²) in [5, 5.41) is 0. The monoisotopic (exact) mass is 230 g/mol. The fourth-order valence-corrected chi connectivity index (χ4v) is 0. The van der Waals surface area contributed by atoms with Crippen LogP contribution in [0, 0.1) is 0 Å². The van der Waals surface area contributed by atoms with Crippen LogP contribution in [0.1, 0.15) is 0 Å². The molecule has 8 nitrogen and oxygen atoms in total. The molecule has 0 saturated carbocycles. The third kappa shape index (κ3) is 2390. The molecule has 0 spiro atoms. The summed E-state index contributed by atoms with van der Waals surface area (Å²) in [4.78, 5) is 43.1. The Kier molecular flexibility index (Phi) is 9.80. The summed E-state index contributed by atoms with van der Waals surface area (Å²) in [6.07, 6.45) is 0. The Morgan fingerprint density at radius 3 is 0.636 bits per heavy atom. The maximum atomic E-state index is 8.88. The van der Waals surface area contributed by atoms with Crippen LogP contribution < -0.4 is 0 Å². The summed E-state index contributed by atoms with van der Waals surface area (Å²) in [5.41, 5.74) is 0. The fourth-order valence-electron chi connectivity index (χ4n) is 0. The van der Waals surface area contributed by atoms with E-state index >= 15 is 0 Å². The number of rotatable bonds is 0. The van der Waals surface area contributed by atoms with Crippen molar-refractivity contribution in [2.24, 2.45) is 0 Å². The lowest BCUT2D eigenvalue weighted by molar-refractivity contribution is 0.272. The van der Waals surface area contributed by atoms with Gasteiger partial charge in [0.1, 0.15) is 0 Å². The lowest BCUT2D eigenvalue weighted by Crippen LogP contribution is -1.66. The van der Waals surface area contributed by atoms with Gasteiger partial charge in [-0.1, -0.05) is 0 Å². The standard InChI is InChI=1S/2H3O4P.H2S/c2*1-5(2,3)4;/h2*(H3,1,2,3,4);1H2. The van der Waals surface area contributed by atoms with Gasteiger partial charge < -0.3 is 29.4 Å². The van der Waals surface area contributed by atoms with E-state index in [2.05, 4.69) is 0 Å². The Labute approximate surface area is 68.4 Å². The lowest BCUT2D eigenvalue weighted by atomic mass is 15.8. The van der Waals surface area contributed by atoms with Gasteiger partial charge in [0.15, 0.2) is 0 Å². The SMILES string of the molecule is O=P(O)(O)O.O=P(O)(O)O.S. The van der Waals surface area contributed by atoms with Gasteiger partial charge in [0.25, 0.3) is 0 Å². The highest BCUT2D eigenvalue weighted by Gasteiger charge is 2.00. The minimum atomic E-state index is -4.64. The predicted molar refractivity (Wildman–Crippen MR) is 38.9 cm³/mol. The third-order valence-electron chi connectivity index (χ3n) is 0. The second kappa shape index (κ2) is 6.13. The maximum Gasteiger partial charge on any atom is 0.466 e. The van der Waals surface area contributed by atoms with Crippen LogP contribution in [0.4, 0.5) is 0 Å². The summed E-state index contributed by atoms with van der Waals surface area (Å²) in [7, 11) is -9.28. The Bertz CT molecular complexity index is 124. The summed E-state index contributed by atoms with van der Waals surface area (Å²) in [6.45, 7) is 0. The van der Waals surface area contributed by atoms with Gasteiger partial charge in [-0.2, -0.15) is 13.5 Å². The van der Waals surface area contributed by atoms with Crippen molar-refractivity contribution in [2.75, 3.05) is 0 Å². The molecule has 0 saturated heterocycles. The van der Waals surface area contributed by atoms with Gasteiger partial charge in [0, 0.05) is 0 Å². The molecule has 0 bridgehead atoms. The van der Waals surface area contributed by atoms with Crippen LogP contribution in [0.25, 0.3) is 0 Å². The highest BCUT2D eigenvalue weighted by atomic mass is 32.1. The average molecular weight is 230 g/mol. The minimum Gasteiger partial charge on any atom is -0.303 e. The molecule has 0 rings (SSSR count). The Balaban J connectivity index is -0.000000107. The Morgan fingerprint density at radius 1 is 0.636 bits per heavy atom. The van der Waals surface area contributed by atoms with E-state index in [0.29, 0.717) is 0 Å². The first-order valence-corrected chi connectivity index (χ1v) is 4.70. The summed E-state index contributed by atoms with van der Waals surface area (Å²) in [6, 6.07) is 0. The van der Waals surface area contributed by atoms with Crippen LogP contribution >= 0.6 is 29.1 Å². The Morgan fingerprint density at radius 2 is 0.636 bits per heavy atom.